The van der Waals surface area contributed by atoms with Gasteiger partial charge in [-0.3, -0.25) is 4.79 Å². The third-order valence-electron chi connectivity index (χ3n) is 7.80. The average Bonchev–Trinajstić information content (AvgIpc) is 2.94. The normalized spacial score (nSPS) is 20.6. The Kier molecular flexibility index (Phi) is 11.5. The number of primary amides is 1. The number of amides is 1. The number of aromatic hydroxyl groups is 1. The van der Waals surface area contributed by atoms with Gasteiger partial charge in [-0.25, -0.2) is 9.59 Å². The molecule has 12 nitrogen and oxygen atoms in total. The number of nitrogens with two attached hydrogens (primary N) is 1. The van der Waals surface area contributed by atoms with Gasteiger partial charge < -0.3 is 44.8 Å². The number of ether oxygens (including phenoxy) is 3. The molecule has 0 spiro atoms. The molecule has 1 aliphatic rings. The van der Waals surface area contributed by atoms with Crippen LogP contribution in [0, 0.1) is 12.8 Å². The molecule has 1 aliphatic heterocycles. The van der Waals surface area contributed by atoms with Crippen molar-refractivity contribution in [3.8, 4) is 17.2 Å². The number of ketones is 1. The summed E-state index contributed by atoms with van der Waals surface area (Å²) in [4.78, 5) is 37.5. The van der Waals surface area contributed by atoms with Crippen molar-refractivity contribution in [1.82, 2.24) is 0 Å². The first-order valence-corrected chi connectivity index (χ1v) is 14.0. The van der Waals surface area contributed by atoms with Gasteiger partial charge >= 0.3 is 41.3 Å². The first kappa shape index (κ1) is 36.1. The van der Waals surface area contributed by atoms with E-state index in [9.17, 15) is 34.8 Å². The number of benzene rings is 2. The van der Waals surface area contributed by atoms with E-state index in [2.05, 4.69) is 0 Å². The van der Waals surface area contributed by atoms with Gasteiger partial charge in [-0.05, 0) is 76.9 Å². The van der Waals surface area contributed by atoms with Crippen molar-refractivity contribution in [3.05, 3.63) is 74.7 Å². The monoisotopic (exact) mass is 633 g/mol. The van der Waals surface area contributed by atoms with Crippen LogP contribution in [0.3, 0.4) is 0 Å². The van der Waals surface area contributed by atoms with Gasteiger partial charge in [-0.2, -0.15) is 0 Å². The summed E-state index contributed by atoms with van der Waals surface area (Å²) in [5, 5.41) is 44.3. The fourth-order valence-corrected chi connectivity index (χ4v) is 5.25. The molecule has 1 fully saturated rings. The maximum Gasteiger partial charge on any atom is 1.00 e. The van der Waals surface area contributed by atoms with E-state index in [4.69, 9.17) is 24.4 Å². The van der Waals surface area contributed by atoms with Crippen LogP contribution in [0.15, 0.2) is 51.2 Å². The van der Waals surface area contributed by atoms with Crippen LogP contribution >= 0.6 is 0 Å². The Balaban J connectivity index is 0.00000552. The summed E-state index contributed by atoms with van der Waals surface area (Å²) < 4.78 is 22.4. The van der Waals surface area contributed by atoms with Crippen molar-refractivity contribution < 1.29 is 78.2 Å². The van der Waals surface area contributed by atoms with Crippen molar-refractivity contribution in [1.29, 1.82) is 0 Å². The van der Waals surface area contributed by atoms with Crippen LogP contribution in [-0.4, -0.2) is 57.9 Å². The molecular formula is C32H36NNaO11. The molecule has 0 bridgehead atoms. The average molecular weight is 634 g/mol. The fourth-order valence-electron chi connectivity index (χ4n) is 5.25. The molecule has 1 amide bonds. The number of hydrogen-bond acceptors (Lipinski definition) is 11. The fraction of sp³-hybridized carbons (Fsp3) is 0.406. The number of rotatable bonds is 9. The zero-order valence-electron chi connectivity index (χ0n) is 26.1. The maximum absolute atomic E-state index is 13.4. The quantitative estimate of drug-likeness (QED) is 0.105. The number of aryl methyl sites for hydroxylation is 1. The summed E-state index contributed by atoms with van der Waals surface area (Å²) in [6.45, 7) is 8.12. The first-order valence-electron chi connectivity index (χ1n) is 14.0. The Hall–Kier alpha value is -3.39. The second kappa shape index (κ2) is 14.4. The SMILES string of the molecule is CC(C)=CCc1cc(C(=O)Cc2c([O-])c3ccc(O[C@@H]4OC(C)(C)[C@H](CO)[C@H](OC(N)=O)C4O)c(C)c3oc2=O)ccc1O.[Na+]. The van der Waals surface area contributed by atoms with E-state index in [0.29, 0.717) is 12.0 Å². The number of Topliss-reactive ketones (excluding diaryl/α,β-unsaturated/α-hetero) is 1. The molecule has 236 valence electrons. The van der Waals surface area contributed by atoms with Gasteiger partial charge in [0.05, 0.1) is 18.1 Å². The summed E-state index contributed by atoms with van der Waals surface area (Å²) >= 11 is 0. The molecule has 4 atom stereocenters. The summed E-state index contributed by atoms with van der Waals surface area (Å²) in [5.74, 6) is -1.88. The first-order chi connectivity index (χ1) is 20.6. The van der Waals surface area contributed by atoms with Crippen molar-refractivity contribution in [2.24, 2.45) is 11.7 Å². The van der Waals surface area contributed by atoms with Crippen LogP contribution in [0.4, 0.5) is 4.79 Å². The Morgan fingerprint density at radius 3 is 2.49 bits per heavy atom. The molecule has 2 heterocycles. The minimum atomic E-state index is -1.55. The molecule has 2 aromatic carbocycles. The van der Waals surface area contributed by atoms with Crippen molar-refractivity contribution >= 4 is 22.8 Å². The summed E-state index contributed by atoms with van der Waals surface area (Å²) in [6.07, 6.45) is -3.55. The molecule has 1 unspecified atom stereocenters. The molecule has 0 radical (unpaired) electrons. The molecular weight excluding hydrogens is 597 g/mol. The maximum atomic E-state index is 13.4. The Morgan fingerprint density at radius 2 is 1.87 bits per heavy atom. The number of fused-ring (bicyclic) bond motifs is 1. The largest absolute Gasteiger partial charge is 1.00 e. The summed E-state index contributed by atoms with van der Waals surface area (Å²) in [5.41, 5.74) is 4.68. The number of carbonyl (C=O) groups excluding carboxylic acids is 2. The minimum Gasteiger partial charge on any atom is -0.872 e. The van der Waals surface area contributed by atoms with Crippen LogP contribution in [-0.2, 0) is 22.3 Å². The molecule has 3 aromatic rings. The van der Waals surface area contributed by atoms with Gasteiger partial charge in [0.15, 0.2) is 11.9 Å². The Labute approximate surface area is 281 Å². The molecule has 5 N–H and O–H groups in total. The number of aliphatic hydroxyl groups excluding tert-OH is 2. The predicted octanol–water partition coefficient (Wildman–Crippen LogP) is -0.234. The van der Waals surface area contributed by atoms with Gasteiger partial charge in [0.2, 0.25) is 6.29 Å². The van der Waals surface area contributed by atoms with E-state index in [-0.39, 0.29) is 68.7 Å². The van der Waals surface area contributed by atoms with Crippen LogP contribution in [0.5, 0.6) is 17.2 Å². The van der Waals surface area contributed by atoms with Gasteiger partial charge in [0.1, 0.15) is 23.2 Å². The molecule has 1 aromatic heterocycles. The van der Waals surface area contributed by atoms with Gasteiger partial charge in [-0.15, -0.1) is 0 Å². The Morgan fingerprint density at radius 1 is 1.18 bits per heavy atom. The molecule has 0 saturated carbocycles. The topological polar surface area (TPSA) is 202 Å². The summed E-state index contributed by atoms with van der Waals surface area (Å²) in [7, 11) is 0. The number of carbonyl (C=O) groups is 2. The van der Waals surface area contributed by atoms with Crippen molar-refractivity contribution in [2.75, 3.05) is 6.61 Å². The third-order valence-corrected chi connectivity index (χ3v) is 7.80. The molecule has 13 heteroatoms. The van der Waals surface area contributed by atoms with Gasteiger partial charge in [-0.1, -0.05) is 17.4 Å². The van der Waals surface area contributed by atoms with Crippen LogP contribution in [0.2, 0.25) is 0 Å². The van der Waals surface area contributed by atoms with Crippen molar-refractivity contribution in [2.45, 2.75) is 71.6 Å². The second-order valence-electron chi connectivity index (χ2n) is 11.6. The molecule has 45 heavy (non-hydrogen) atoms. The number of phenolic OH excluding ortho intramolecular Hbond substituents is 1. The second-order valence-corrected chi connectivity index (χ2v) is 11.6. The number of hydrogen-bond donors (Lipinski definition) is 4. The van der Waals surface area contributed by atoms with Crippen molar-refractivity contribution in [3.63, 3.8) is 0 Å². The zero-order chi connectivity index (χ0) is 32.5. The van der Waals surface area contributed by atoms with Crippen LogP contribution in [0.1, 0.15) is 54.7 Å². The standard InChI is InChI=1S/C32H37NO11.Na/c1-15(2)6-7-17-12-18(8-10-22(17)35)23(36)13-20-25(37)19-9-11-24(16(3)27(19)42-29(20)39)41-30-26(38)28(43-31(33)40)21(14-34)32(4,5)44-30;/h6,8-12,21,26,28,30,34-35,37-38H,7,13-14H2,1-5H3,(H2,33,40);/q;+1/p-1/t21-,26?,28+,30-;/m1./s1. The van der Waals surface area contributed by atoms with E-state index in [0.717, 1.165) is 5.57 Å². The van der Waals surface area contributed by atoms with Crippen LogP contribution in [0.25, 0.3) is 11.0 Å². The number of aliphatic hydroxyl groups is 2. The van der Waals surface area contributed by atoms with E-state index in [1.165, 1.54) is 37.3 Å². The van der Waals surface area contributed by atoms with Gasteiger partial charge in [0.25, 0.3) is 0 Å². The molecule has 4 rings (SSSR count). The Bertz CT molecular complexity index is 1680. The van der Waals surface area contributed by atoms with E-state index >= 15 is 0 Å². The third kappa shape index (κ3) is 7.71. The zero-order valence-corrected chi connectivity index (χ0v) is 28.1. The molecule has 1 saturated heterocycles. The van der Waals surface area contributed by atoms with Crippen LogP contribution < -0.4 is 50.8 Å². The minimum absolute atomic E-state index is 0. The molecule has 0 aliphatic carbocycles. The number of allylic oxidation sites excluding steroid dienone is 2. The van der Waals surface area contributed by atoms with E-state index in [1.807, 2.05) is 19.9 Å². The summed E-state index contributed by atoms with van der Waals surface area (Å²) in [6, 6.07) is 7.14. The van der Waals surface area contributed by atoms with E-state index in [1.54, 1.807) is 13.8 Å². The van der Waals surface area contributed by atoms with Gasteiger partial charge in [0, 0.05) is 28.5 Å². The predicted molar refractivity (Wildman–Crippen MR) is 157 cm³/mol. The smallest absolute Gasteiger partial charge is 0.872 e. The van der Waals surface area contributed by atoms with E-state index < -0.39 is 66.3 Å². The number of phenols is 1.